The molecule has 2 unspecified atom stereocenters. The lowest BCUT2D eigenvalue weighted by Gasteiger charge is -2.20. The number of carboxylic acid groups (broad SMARTS) is 1. The van der Waals surface area contributed by atoms with Gasteiger partial charge in [-0.25, -0.2) is 8.78 Å². The molecule has 0 spiro atoms. The van der Waals surface area contributed by atoms with Crippen molar-refractivity contribution >= 4 is 5.97 Å². The van der Waals surface area contributed by atoms with E-state index in [0.717, 1.165) is 6.07 Å². The molecule has 0 fully saturated rings. The molecule has 0 aliphatic rings. The second kappa shape index (κ2) is 4.79. The molecular formula is C12H15F2NO2. The van der Waals surface area contributed by atoms with Crippen molar-refractivity contribution in [2.24, 2.45) is 5.73 Å². The highest BCUT2D eigenvalue weighted by atomic mass is 19.2. The van der Waals surface area contributed by atoms with Crippen LogP contribution in [0.15, 0.2) is 6.07 Å². The Morgan fingerprint density at radius 2 is 1.94 bits per heavy atom. The summed E-state index contributed by atoms with van der Waals surface area (Å²) in [5.41, 5.74) is 6.59. The monoisotopic (exact) mass is 243 g/mol. The van der Waals surface area contributed by atoms with Crippen LogP contribution in [0.3, 0.4) is 0 Å². The van der Waals surface area contributed by atoms with Gasteiger partial charge in [0.2, 0.25) is 0 Å². The van der Waals surface area contributed by atoms with E-state index < -0.39 is 29.6 Å². The zero-order valence-corrected chi connectivity index (χ0v) is 9.92. The molecule has 0 aromatic heterocycles. The largest absolute Gasteiger partial charge is 0.480 e. The molecule has 0 radical (unpaired) electrons. The summed E-state index contributed by atoms with van der Waals surface area (Å²) in [4.78, 5) is 10.8. The molecule has 0 amide bonds. The molecule has 5 heteroatoms. The van der Waals surface area contributed by atoms with Gasteiger partial charge in [0, 0.05) is 5.92 Å². The van der Waals surface area contributed by atoms with Crippen LogP contribution in [0.1, 0.15) is 29.5 Å². The maximum Gasteiger partial charge on any atom is 0.321 e. The van der Waals surface area contributed by atoms with Crippen molar-refractivity contribution in [2.75, 3.05) is 0 Å². The fraction of sp³-hybridized carbons (Fsp3) is 0.417. The highest BCUT2D eigenvalue weighted by molar-refractivity contribution is 5.74. The van der Waals surface area contributed by atoms with E-state index in [4.69, 9.17) is 10.8 Å². The van der Waals surface area contributed by atoms with Crippen molar-refractivity contribution in [1.29, 1.82) is 0 Å². The SMILES string of the molecule is Cc1cc(F)c(F)c(C(C)C(N)C(=O)O)c1C. The molecule has 1 aromatic rings. The average molecular weight is 243 g/mol. The summed E-state index contributed by atoms with van der Waals surface area (Å²) >= 11 is 0. The van der Waals surface area contributed by atoms with Crippen LogP contribution in [0.2, 0.25) is 0 Å². The fourth-order valence-corrected chi connectivity index (χ4v) is 1.80. The first-order valence-electron chi connectivity index (χ1n) is 5.20. The number of aryl methyl sites for hydroxylation is 1. The molecule has 0 bridgehead atoms. The lowest BCUT2D eigenvalue weighted by atomic mass is 9.88. The molecule has 0 saturated carbocycles. The Morgan fingerprint density at radius 1 is 1.41 bits per heavy atom. The van der Waals surface area contributed by atoms with Crippen molar-refractivity contribution in [1.82, 2.24) is 0 Å². The van der Waals surface area contributed by atoms with E-state index in [2.05, 4.69) is 0 Å². The number of rotatable bonds is 3. The molecule has 0 saturated heterocycles. The van der Waals surface area contributed by atoms with Crippen LogP contribution in [-0.4, -0.2) is 17.1 Å². The molecule has 3 nitrogen and oxygen atoms in total. The lowest BCUT2D eigenvalue weighted by Crippen LogP contribution is -2.36. The Kier molecular flexibility index (Phi) is 3.83. The molecular weight excluding hydrogens is 228 g/mol. The first kappa shape index (κ1) is 13.6. The van der Waals surface area contributed by atoms with Crippen molar-refractivity contribution in [3.8, 4) is 0 Å². The van der Waals surface area contributed by atoms with Crippen LogP contribution in [-0.2, 0) is 4.79 Å². The predicted octanol–water partition coefficient (Wildman–Crippen LogP) is 2.10. The van der Waals surface area contributed by atoms with Crippen molar-refractivity contribution in [3.05, 3.63) is 34.4 Å². The Bertz CT molecular complexity index is 434. The number of nitrogens with two attached hydrogens (primary N) is 1. The number of aliphatic carboxylic acids is 1. The number of benzene rings is 1. The summed E-state index contributed by atoms with van der Waals surface area (Å²) in [7, 11) is 0. The summed E-state index contributed by atoms with van der Waals surface area (Å²) in [6.45, 7) is 4.74. The van der Waals surface area contributed by atoms with Crippen molar-refractivity contribution in [3.63, 3.8) is 0 Å². The summed E-state index contributed by atoms with van der Waals surface area (Å²) < 4.78 is 27.0. The number of carboxylic acids is 1. The van der Waals surface area contributed by atoms with E-state index in [1.807, 2.05) is 0 Å². The quantitative estimate of drug-likeness (QED) is 0.854. The smallest absolute Gasteiger partial charge is 0.321 e. The Hall–Kier alpha value is -1.49. The van der Waals surface area contributed by atoms with Gasteiger partial charge in [0.15, 0.2) is 11.6 Å². The highest BCUT2D eigenvalue weighted by Gasteiger charge is 2.27. The molecule has 17 heavy (non-hydrogen) atoms. The van der Waals surface area contributed by atoms with Gasteiger partial charge in [0.25, 0.3) is 0 Å². The first-order chi connectivity index (χ1) is 7.77. The zero-order valence-electron chi connectivity index (χ0n) is 9.92. The number of hydrogen-bond donors (Lipinski definition) is 2. The van der Waals surface area contributed by atoms with Gasteiger partial charge >= 0.3 is 5.97 Å². The molecule has 2 atom stereocenters. The third-order valence-electron chi connectivity index (χ3n) is 3.06. The number of hydrogen-bond acceptors (Lipinski definition) is 2. The van der Waals surface area contributed by atoms with Gasteiger partial charge < -0.3 is 10.8 Å². The summed E-state index contributed by atoms with van der Waals surface area (Å²) in [6, 6.07) is -0.169. The Labute approximate surface area is 98.2 Å². The van der Waals surface area contributed by atoms with E-state index in [-0.39, 0.29) is 5.56 Å². The maximum absolute atomic E-state index is 13.7. The molecule has 0 aliphatic carbocycles. The molecule has 94 valence electrons. The first-order valence-corrected chi connectivity index (χ1v) is 5.20. The third-order valence-corrected chi connectivity index (χ3v) is 3.06. The van der Waals surface area contributed by atoms with Crippen LogP contribution in [0.4, 0.5) is 8.78 Å². The predicted molar refractivity (Wildman–Crippen MR) is 59.9 cm³/mol. The van der Waals surface area contributed by atoms with Crippen LogP contribution in [0.5, 0.6) is 0 Å². The second-order valence-electron chi connectivity index (χ2n) is 4.18. The van der Waals surface area contributed by atoms with E-state index in [1.54, 1.807) is 13.8 Å². The number of halogens is 2. The topological polar surface area (TPSA) is 63.3 Å². The fourth-order valence-electron chi connectivity index (χ4n) is 1.80. The Balaban J connectivity index is 3.35. The highest BCUT2D eigenvalue weighted by Crippen LogP contribution is 2.29. The van der Waals surface area contributed by atoms with E-state index in [1.165, 1.54) is 6.92 Å². The molecule has 1 aromatic carbocycles. The molecule has 1 rings (SSSR count). The standard InChI is InChI=1S/C12H15F2NO2/c1-5-4-8(13)10(14)9(6(5)2)7(3)11(15)12(16)17/h4,7,11H,15H2,1-3H3,(H,16,17). The Morgan fingerprint density at radius 3 is 2.41 bits per heavy atom. The van der Waals surface area contributed by atoms with E-state index in [9.17, 15) is 13.6 Å². The van der Waals surface area contributed by atoms with E-state index >= 15 is 0 Å². The minimum atomic E-state index is -1.26. The zero-order chi connectivity index (χ0) is 13.3. The number of carbonyl (C=O) groups is 1. The molecule has 3 N–H and O–H groups in total. The van der Waals surface area contributed by atoms with Gasteiger partial charge in [-0.1, -0.05) is 6.92 Å². The summed E-state index contributed by atoms with van der Waals surface area (Å²) in [6.07, 6.45) is 0. The van der Waals surface area contributed by atoms with Crippen molar-refractivity contribution < 1.29 is 18.7 Å². The van der Waals surface area contributed by atoms with Crippen molar-refractivity contribution in [2.45, 2.75) is 32.7 Å². The lowest BCUT2D eigenvalue weighted by molar-refractivity contribution is -0.139. The average Bonchev–Trinajstić information content (AvgIpc) is 2.25. The second-order valence-corrected chi connectivity index (χ2v) is 4.18. The summed E-state index contributed by atoms with van der Waals surface area (Å²) in [5.74, 6) is -4.02. The van der Waals surface area contributed by atoms with Gasteiger partial charge in [-0.3, -0.25) is 4.79 Å². The van der Waals surface area contributed by atoms with Crippen LogP contribution in [0.25, 0.3) is 0 Å². The van der Waals surface area contributed by atoms with Gasteiger partial charge in [-0.2, -0.15) is 0 Å². The minimum Gasteiger partial charge on any atom is -0.480 e. The van der Waals surface area contributed by atoms with Gasteiger partial charge in [0.05, 0.1) is 0 Å². The maximum atomic E-state index is 13.7. The minimum absolute atomic E-state index is 0.0393. The van der Waals surface area contributed by atoms with Crippen LogP contribution >= 0.6 is 0 Å². The molecule has 0 aliphatic heterocycles. The van der Waals surface area contributed by atoms with Crippen LogP contribution in [0, 0.1) is 25.5 Å². The van der Waals surface area contributed by atoms with E-state index in [0.29, 0.717) is 11.1 Å². The third kappa shape index (κ3) is 2.44. The van der Waals surface area contributed by atoms with Gasteiger partial charge in [-0.05, 0) is 36.6 Å². The van der Waals surface area contributed by atoms with Gasteiger partial charge in [0.1, 0.15) is 6.04 Å². The van der Waals surface area contributed by atoms with Gasteiger partial charge in [-0.15, -0.1) is 0 Å². The summed E-state index contributed by atoms with van der Waals surface area (Å²) in [5, 5.41) is 8.79. The normalized spacial score (nSPS) is 14.5. The molecule has 0 heterocycles. The van der Waals surface area contributed by atoms with Crippen LogP contribution < -0.4 is 5.73 Å².